The van der Waals surface area contributed by atoms with Gasteiger partial charge in [0.15, 0.2) is 15.7 Å². The van der Waals surface area contributed by atoms with Crippen LogP contribution in [-0.4, -0.2) is 9.64 Å². The van der Waals surface area contributed by atoms with Gasteiger partial charge in [-0.05, 0) is 20.3 Å². The molecule has 1 N–H and O–H groups in total. The van der Waals surface area contributed by atoms with Gasteiger partial charge in [0.05, 0.1) is 0 Å². The van der Waals surface area contributed by atoms with E-state index in [0.717, 1.165) is 30.2 Å². The van der Waals surface area contributed by atoms with Crippen molar-refractivity contribution < 1.29 is 9.79 Å². The fourth-order valence-electron chi connectivity index (χ4n) is 0.970. The Kier molecular flexibility index (Phi) is 5.35. The summed E-state index contributed by atoms with van der Waals surface area (Å²) in [5.41, 5.74) is -3.22. The molecule has 0 spiro atoms. The summed E-state index contributed by atoms with van der Waals surface area (Å²) in [6.07, 6.45) is 3.17. The van der Waals surface area contributed by atoms with Gasteiger partial charge in [-0.25, -0.2) is 0 Å². The van der Waals surface area contributed by atoms with Gasteiger partial charge in [0.25, 0.3) is 0 Å². The molecule has 0 amide bonds. The molecule has 0 rings (SSSR count). The first-order valence-corrected chi connectivity index (χ1v) is 8.26. The highest BCUT2D eigenvalue weighted by molar-refractivity contribution is 8.61. The van der Waals surface area contributed by atoms with Crippen LogP contribution >= 0.6 is 17.9 Å². The summed E-state index contributed by atoms with van der Waals surface area (Å²) in [4.78, 5) is 20.0. The molecule has 1 unspecified atom stereocenters. The number of hydrogen-bond acceptors (Lipinski definition) is 1. The van der Waals surface area contributed by atoms with Crippen LogP contribution in [0.5, 0.6) is 0 Å². The number of unbranched alkanes of at least 4 members (excludes halogenated alkanes) is 1. The van der Waals surface area contributed by atoms with Gasteiger partial charge >= 0.3 is 0 Å². The third-order valence-electron chi connectivity index (χ3n) is 1.50. The molecule has 74 valence electrons. The van der Waals surface area contributed by atoms with Crippen molar-refractivity contribution in [1.82, 2.24) is 0 Å². The van der Waals surface area contributed by atoms with E-state index < -0.39 is 5.69 Å². The van der Waals surface area contributed by atoms with E-state index in [1.165, 1.54) is 0 Å². The second-order valence-electron chi connectivity index (χ2n) is 3.45. The molecule has 0 aliphatic rings. The summed E-state index contributed by atoms with van der Waals surface area (Å²) < 4.78 is -0.137. The molecule has 2 nitrogen and oxygen atoms in total. The minimum Gasteiger partial charge on any atom is -0.757 e. The lowest BCUT2D eigenvalue weighted by Gasteiger charge is -2.13. The first-order chi connectivity index (χ1) is 5.27. The molecule has 0 radical (unpaired) electrons. The highest BCUT2D eigenvalue weighted by atomic mass is 32.9. The van der Waals surface area contributed by atoms with Crippen molar-refractivity contribution in [3.8, 4) is 0 Å². The van der Waals surface area contributed by atoms with E-state index in [2.05, 4.69) is 19.2 Å². The van der Waals surface area contributed by atoms with Crippen molar-refractivity contribution in [2.75, 3.05) is 0 Å². The van der Waals surface area contributed by atoms with Crippen LogP contribution in [0.15, 0.2) is 0 Å². The summed E-state index contributed by atoms with van der Waals surface area (Å²) >= 11 is 3.64. The molecule has 0 saturated carbocycles. The Morgan fingerprint density at radius 1 is 1.58 bits per heavy atom. The molecule has 0 aliphatic carbocycles. The number of thiol groups is 1. The molecule has 1 atom stereocenters. The largest absolute Gasteiger partial charge is 0.757 e. The number of hydrogen-bond donors (Lipinski definition) is 2. The van der Waals surface area contributed by atoms with Crippen LogP contribution in [-0.2, 0) is 10.9 Å². The van der Waals surface area contributed by atoms with E-state index in [-0.39, 0.29) is 4.75 Å². The molecule has 0 bridgehead atoms. The topological polar surface area (TPSA) is 43.3 Å². The zero-order valence-electron chi connectivity index (χ0n) is 7.78. The molecule has 0 saturated heterocycles. The average Bonchev–Trinajstić information content (AvgIpc) is 1.78. The Morgan fingerprint density at radius 2 is 2.08 bits per heavy atom. The van der Waals surface area contributed by atoms with Gasteiger partial charge in [0.1, 0.15) is 0 Å². The van der Waals surface area contributed by atoms with E-state index >= 15 is 0 Å². The second kappa shape index (κ2) is 4.97. The van der Waals surface area contributed by atoms with Gasteiger partial charge in [0.2, 0.25) is 5.69 Å². The van der Waals surface area contributed by atoms with Gasteiger partial charge in [0, 0.05) is 6.42 Å². The molecular formula is C7H17O2PS2. The van der Waals surface area contributed by atoms with Crippen molar-refractivity contribution in [2.45, 2.75) is 44.8 Å². The Bertz CT molecular complexity index is 178. The van der Waals surface area contributed by atoms with Crippen molar-refractivity contribution in [3.63, 3.8) is 0 Å². The van der Waals surface area contributed by atoms with Crippen LogP contribution in [0.4, 0.5) is 0 Å². The maximum absolute atomic E-state index is 11.0. The van der Waals surface area contributed by atoms with Gasteiger partial charge in [-0.2, -0.15) is 0 Å². The van der Waals surface area contributed by atoms with Gasteiger partial charge in [-0.1, -0.05) is 25.6 Å². The first-order valence-electron chi connectivity index (χ1n) is 4.03. The van der Waals surface area contributed by atoms with Gasteiger partial charge < -0.3 is 9.79 Å². The van der Waals surface area contributed by atoms with Gasteiger partial charge in [-0.15, -0.1) is 0 Å². The summed E-state index contributed by atoms with van der Waals surface area (Å²) in [5.74, 6) is 0. The van der Waals surface area contributed by atoms with E-state index in [1.807, 2.05) is 13.8 Å². The van der Waals surface area contributed by atoms with Crippen LogP contribution < -0.4 is 4.89 Å². The third kappa shape index (κ3) is 7.56. The molecule has 0 aromatic rings. The second-order valence-corrected chi connectivity index (χ2v) is 10.2. The summed E-state index contributed by atoms with van der Waals surface area (Å²) in [6, 6.07) is 0. The van der Waals surface area contributed by atoms with Gasteiger partial charge in [-0.3, -0.25) is 0 Å². The maximum Gasteiger partial charge on any atom is 0.235 e. The lowest BCUT2D eigenvalue weighted by atomic mass is 10.1. The Morgan fingerprint density at radius 3 is 2.42 bits per heavy atom. The standard InChI is InChI=1S/C7H17O2PS2/c1-4-5-6-7(2,3)12-10(8,9)11/h4-6H2,1-3H3,(H2-,8,9,11). The smallest absolute Gasteiger partial charge is 0.235 e. The zero-order valence-corrected chi connectivity index (χ0v) is 10.4. The SMILES string of the molecule is CCCCC(C)(C)[S+]=P([O-])(O)S. The Hall–Kier alpha value is 0.920. The number of rotatable bonds is 4. The van der Waals surface area contributed by atoms with Crippen LogP contribution in [0.2, 0.25) is 0 Å². The third-order valence-corrected chi connectivity index (χ3v) is 5.37. The summed E-state index contributed by atoms with van der Waals surface area (Å²) in [5, 5.41) is 0. The molecular weight excluding hydrogens is 211 g/mol. The van der Waals surface area contributed by atoms with Crippen LogP contribution in [0.25, 0.3) is 0 Å². The van der Waals surface area contributed by atoms with E-state index in [0.29, 0.717) is 0 Å². The molecule has 5 heteroatoms. The van der Waals surface area contributed by atoms with E-state index in [1.54, 1.807) is 0 Å². The molecule has 0 aromatic heterocycles. The van der Waals surface area contributed by atoms with Crippen LogP contribution in [0.1, 0.15) is 40.0 Å². The fraction of sp³-hybridized carbons (Fsp3) is 1.00. The molecule has 0 heterocycles. The lowest BCUT2D eigenvalue weighted by Crippen LogP contribution is -2.19. The predicted molar refractivity (Wildman–Crippen MR) is 59.1 cm³/mol. The monoisotopic (exact) mass is 228 g/mol. The maximum atomic E-state index is 11.0. The van der Waals surface area contributed by atoms with Crippen molar-refractivity contribution in [1.29, 1.82) is 0 Å². The van der Waals surface area contributed by atoms with E-state index in [9.17, 15) is 4.89 Å². The highest BCUT2D eigenvalue weighted by Crippen LogP contribution is 2.41. The first kappa shape index (κ1) is 12.9. The Balaban J connectivity index is 4.22. The lowest BCUT2D eigenvalue weighted by molar-refractivity contribution is -0.170. The summed E-state index contributed by atoms with van der Waals surface area (Å²) in [6.45, 7) is 6.07. The van der Waals surface area contributed by atoms with Crippen molar-refractivity contribution in [2.24, 2.45) is 0 Å². The minimum atomic E-state index is -3.22. The van der Waals surface area contributed by atoms with Crippen molar-refractivity contribution in [3.05, 3.63) is 0 Å². The zero-order chi connectivity index (χ0) is 9.83. The summed E-state index contributed by atoms with van der Waals surface area (Å²) in [7, 11) is 1.07. The molecule has 0 fully saturated rings. The molecule has 0 aliphatic heterocycles. The molecule has 12 heavy (non-hydrogen) atoms. The average molecular weight is 228 g/mol. The highest BCUT2D eigenvalue weighted by Gasteiger charge is 2.29. The van der Waals surface area contributed by atoms with Crippen LogP contribution in [0, 0.1) is 0 Å². The normalized spacial score (nSPS) is 17.2. The van der Waals surface area contributed by atoms with E-state index in [4.69, 9.17) is 4.89 Å². The molecule has 0 aromatic carbocycles. The quantitative estimate of drug-likeness (QED) is 0.439. The Labute approximate surface area is 83.7 Å². The predicted octanol–water partition coefficient (Wildman–Crippen LogP) is 2.00. The minimum absolute atomic E-state index is 0.137. The fourth-order valence-corrected chi connectivity index (χ4v) is 6.04. The van der Waals surface area contributed by atoms with Crippen LogP contribution in [0.3, 0.4) is 0 Å². The van der Waals surface area contributed by atoms with Crippen molar-refractivity contribution >= 4 is 28.9 Å².